The molecule has 3 heterocycles. The number of aromatic hydroxyl groups is 1. The van der Waals surface area contributed by atoms with Crippen molar-refractivity contribution in [1.29, 1.82) is 0 Å². The van der Waals surface area contributed by atoms with Gasteiger partial charge >= 0.3 is 0 Å². The summed E-state index contributed by atoms with van der Waals surface area (Å²) in [6.45, 7) is 4.83. The average Bonchev–Trinajstić information content (AvgIpc) is 3.20. The van der Waals surface area contributed by atoms with Crippen molar-refractivity contribution < 1.29 is 31.9 Å². The van der Waals surface area contributed by atoms with Crippen molar-refractivity contribution in [2.75, 3.05) is 26.1 Å². The summed E-state index contributed by atoms with van der Waals surface area (Å²) in [4.78, 5) is 4.35. The van der Waals surface area contributed by atoms with Crippen molar-refractivity contribution in [1.82, 2.24) is 14.8 Å². The third-order valence-corrected chi connectivity index (χ3v) is 6.48. The van der Waals surface area contributed by atoms with E-state index >= 15 is 0 Å². The number of aromatic nitrogens is 3. The molecule has 36 heavy (non-hydrogen) atoms. The van der Waals surface area contributed by atoms with Crippen molar-refractivity contribution in [3.63, 3.8) is 0 Å². The molecule has 1 aromatic carbocycles. The number of rotatable bonds is 11. The quantitative estimate of drug-likeness (QED) is 0.295. The first-order chi connectivity index (χ1) is 17.2. The number of nitrogens with zero attached hydrogens (tertiary/aromatic N) is 3. The first-order valence-corrected chi connectivity index (χ1v) is 13.9. The van der Waals surface area contributed by atoms with Gasteiger partial charge in [-0.1, -0.05) is 0 Å². The van der Waals surface area contributed by atoms with Gasteiger partial charge in [0, 0.05) is 30.2 Å². The molecule has 196 valence electrons. The zero-order valence-corrected chi connectivity index (χ0v) is 21.6. The molecule has 0 amide bonds. The second-order valence-corrected chi connectivity index (χ2v) is 10.7. The minimum atomic E-state index is -3.50. The molecule has 10 nitrogen and oxygen atoms in total. The molecule has 1 aliphatic rings. The number of phenolic OH excluding ortho intramolecular Hbond substituents is 1. The summed E-state index contributed by atoms with van der Waals surface area (Å²) in [5.41, 5.74) is 2.36. The van der Waals surface area contributed by atoms with Crippen LogP contribution in [0.5, 0.6) is 11.5 Å². The summed E-state index contributed by atoms with van der Waals surface area (Å²) in [5.74, 6) is 0.753. The van der Waals surface area contributed by atoms with Gasteiger partial charge < -0.3 is 19.3 Å². The van der Waals surface area contributed by atoms with E-state index in [1.54, 1.807) is 31.5 Å². The maximum Gasteiger partial charge on any atom is 0.264 e. The van der Waals surface area contributed by atoms with Crippen LogP contribution < -0.4 is 4.74 Å². The molecule has 3 aromatic rings. The van der Waals surface area contributed by atoms with Crippen LogP contribution in [0, 0.1) is 0 Å². The van der Waals surface area contributed by atoms with Crippen LogP contribution in [-0.4, -0.2) is 66.6 Å². The number of hydrogen-bond acceptors (Lipinski definition) is 9. The molecule has 0 aliphatic carbocycles. The molecule has 0 spiro atoms. The second-order valence-electron chi connectivity index (χ2n) is 9.13. The summed E-state index contributed by atoms with van der Waals surface area (Å²) in [6, 6.07) is 7.10. The fourth-order valence-corrected chi connectivity index (χ4v) is 4.86. The van der Waals surface area contributed by atoms with Crippen LogP contribution in [0.4, 0.5) is 0 Å². The lowest BCUT2D eigenvalue weighted by Gasteiger charge is -2.23. The number of fused-ring (bicyclic) bond motifs is 1. The number of phenols is 1. The monoisotopic (exact) mass is 519 g/mol. The second kappa shape index (κ2) is 11.5. The van der Waals surface area contributed by atoms with Crippen molar-refractivity contribution in [3.05, 3.63) is 36.7 Å². The van der Waals surface area contributed by atoms with Crippen LogP contribution >= 0.6 is 0 Å². The number of benzene rings is 1. The van der Waals surface area contributed by atoms with Crippen LogP contribution in [0.3, 0.4) is 0 Å². The fraction of sp³-hybridized carbons (Fsp3) is 0.520. The Balaban J connectivity index is 1.43. The molecule has 0 unspecified atom stereocenters. The molecule has 2 aromatic heterocycles. The van der Waals surface area contributed by atoms with Crippen molar-refractivity contribution in [3.8, 4) is 22.8 Å². The van der Waals surface area contributed by atoms with Gasteiger partial charge in [0.05, 0.1) is 43.4 Å². The van der Waals surface area contributed by atoms with Gasteiger partial charge in [-0.15, -0.1) is 0 Å². The van der Waals surface area contributed by atoms with Gasteiger partial charge in [0.25, 0.3) is 10.1 Å². The summed E-state index contributed by atoms with van der Waals surface area (Å²) in [6.07, 6.45) is 7.13. The van der Waals surface area contributed by atoms with E-state index in [0.717, 1.165) is 42.0 Å². The third-order valence-electron chi connectivity index (χ3n) is 5.80. The smallest absolute Gasteiger partial charge is 0.264 e. The molecular formula is C25H33N3O7S. The predicted molar refractivity (Wildman–Crippen MR) is 134 cm³/mol. The van der Waals surface area contributed by atoms with Crippen LogP contribution in [0.25, 0.3) is 22.2 Å². The lowest BCUT2D eigenvalue weighted by molar-refractivity contribution is -0.0365. The van der Waals surface area contributed by atoms with Gasteiger partial charge in [-0.3, -0.25) is 9.17 Å². The van der Waals surface area contributed by atoms with E-state index in [1.165, 1.54) is 0 Å². The van der Waals surface area contributed by atoms with Crippen LogP contribution in [0.15, 0.2) is 36.7 Å². The Labute approximate surface area is 211 Å². The number of pyridine rings is 1. The standard InChI is InChI=1S/C25H33N3O7S/c1-17(9-11-32-16-18(2)35-36(3,30)31)34-21-12-19(14-26-15-21)25-22-13-20(29)7-8-23(22)28(27-25)24-6-4-5-10-33-24/h7-8,12-15,17-18,24,29H,4-6,9-11,16H2,1-3H3/t17-,18-,24-/m0/s1. The highest BCUT2D eigenvalue weighted by atomic mass is 32.2. The van der Waals surface area contributed by atoms with Crippen molar-refractivity contribution in [2.24, 2.45) is 0 Å². The molecule has 4 rings (SSSR count). The zero-order chi connectivity index (χ0) is 25.7. The maximum atomic E-state index is 11.2. The predicted octanol–water partition coefficient (Wildman–Crippen LogP) is 4.04. The van der Waals surface area contributed by atoms with Crippen LogP contribution in [0.2, 0.25) is 0 Å². The molecule has 1 N–H and O–H groups in total. The zero-order valence-electron chi connectivity index (χ0n) is 20.8. The van der Waals surface area contributed by atoms with Crippen LogP contribution in [-0.2, 0) is 23.8 Å². The molecule has 3 atom stereocenters. The first kappa shape index (κ1) is 26.3. The Kier molecular flexibility index (Phi) is 8.45. The normalized spacial score (nSPS) is 18.2. The molecule has 0 bridgehead atoms. The lowest BCUT2D eigenvalue weighted by Crippen LogP contribution is -2.21. The lowest BCUT2D eigenvalue weighted by atomic mass is 10.1. The van der Waals surface area contributed by atoms with Crippen LogP contribution in [0.1, 0.15) is 45.8 Å². The average molecular weight is 520 g/mol. The summed E-state index contributed by atoms with van der Waals surface area (Å²) in [7, 11) is -3.50. The van der Waals surface area contributed by atoms with Gasteiger partial charge in [-0.05, 0) is 57.4 Å². The topological polar surface area (TPSA) is 122 Å². The Morgan fingerprint density at radius 3 is 2.78 bits per heavy atom. The maximum absolute atomic E-state index is 11.2. The minimum Gasteiger partial charge on any atom is -0.508 e. The van der Waals surface area contributed by atoms with Gasteiger partial charge in [0.2, 0.25) is 0 Å². The SMILES string of the molecule is C[C@@H](CCOC[C@H](C)OS(C)(=O)=O)Oc1cncc(-c2nn([C@@H]3CCCCO3)c3ccc(O)cc23)c1. The number of ether oxygens (including phenoxy) is 3. The Morgan fingerprint density at radius 1 is 1.19 bits per heavy atom. The molecule has 1 aliphatic heterocycles. The van der Waals surface area contributed by atoms with E-state index in [4.69, 9.17) is 23.5 Å². The van der Waals surface area contributed by atoms with Crippen molar-refractivity contribution >= 4 is 21.0 Å². The van der Waals surface area contributed by atoms with E-state index in [2.05, 4.69) is 4.98 Å². The molecular weight excluding hydrogens is 486 g/mol. The van der Waals surface area contributed by atoms with Gasteiger partial charge in [0.15, 0.2) is 6.23 Å². The number of hydrogen-bond donors (Lipinski definition) is 1. The van der Waals surface area contributed by atoms with E-state index in [9.17, 15) is 13.5 Å². The summed E-state index contributed by atoms with van der Waals surface area (Å²) < 4.78 is 46.6. The highest BCUT2D eigenvalue weighted by molar-refractivity contribution is 7.86. The largest absolute Gasteiger partial charge is 0.508 e. The molecule has 1 saturated heterocycles. The highest BCUT2D eigenvalue weighted by Crippen LogP contribution is 2.35. The Hall–Kier alpha value is -2.73. The van der Waals surface area contributed by atoms with E-state index in [-0.39, 0.29) is 24.7 Å². The van der Waals surface area contributed by atoms with Crippen molar-refractivity contribution in [2.45, 2.75) is 58.0 Å². The Morgan fingerprint density at radius 2 is 2.03 bits per heavy atom. The molecule has 0 saturated carbocycles. The van der Waals surface area contributed by atoms with E-state index in [0.29, 0.717) is 31.1 Å². The molecule has 1 fully saturated rings. The summed E-state index contributed by atoms with van der Waals surface area (Å²) >= 11 is 0. The molecule has 0 radical (unpaired) electrons. The van der Waals surface area contributed by atoms with Gasteiger partial charge in [0.1, 0.15) is 17.2 Å². The van der Waals surface area contributed by atoms with E-state index < -0.39 is 16.2 Å². The third kappa shape index (κ3) is 6.94. The van der Waals surface area contributed by atoms with Gasteiger partial charge in [-0.2, -0.15) is 13.5 Å². The van der Waals surface area contributed by atoms with E-state index in [1.807, 2.05) is 23.7 Å². The first-order valence-electron chi connectivity index (χ1n) is 12.1. The summed E-state index contributed by atoms with van der Waals surface area (Å²) in [5, 5.41) is 15.8. The van der Waals surface area contributed by atoms with Gasteiger partial charge in [-0.25, -0.2) is 4.68 Å². The molecule has 11 heteroatoms. The fourth-order valence-electron chi connectivity index (χ4n) is 4.21. The Bertz CT molecular complexity index is 1270. The highest BCUT2D eigenvalue weighted by Gasteiger charge is 2.22. The minimum absolute atomic E-state index is 0.141.